The third-order valence-corrected chi connectivity index (χ3v) is 7.32. The Bertz CT molecular complexity index is 1030. The van der Waals surface area contributed by atoms with E-state index in [1.165, 1.54) is 4.90 Å². The van der Waals surface area contributed by atoms with Gasteiger partial charge in [-0.1, -0.05) is 61.0 Å². The van der Waals surface area contributed by atoms with Crippen LogP contribution < -0.4 is 10.6 Å². The van der Waals surface area contributed by atoms with Crippen molar-refractivity contribution >= 4 is 45.0 Å². The molecule has 1 aromatic heterocycles. The van der Waals surface area contributed by atoms with Crippen LogP contribution in [0.5, 0.6) is 0 Å². The number of nitrogens with one attached hydrogen (secondary N) is 2. The Labute approximate surface area is 212 Å². The molecular weight excluding hydrogens is 520 g/mol. The van der Waals surface area contributed by atoms with Gasteiger partial charge < -0.3 is 20.6 Å². The molecule has 0 aliphatic carbocycles. The van der Waals surface area contributed by atoms with Gasteiger partial charge in [-0.3, -0.25) is 14.4 Å². The monoisotopic (exact) mass is 550 g/mol. The van der Waals surface area contributed by atoms with Crippen molar-refractivity contribution in [3.05, 3.63) is 41.0 Å². The number of likely N-dealkylation sites (tertiary alicyclic amines) is 1. The number of carbonyl (C=O) groups is 3. The highest BCUT2D eigenvalue weighted by Gasteiger charge is 2.44. The van der Waals surface area contributed by atoms with Crippen molar-refractivity contribution in [3.8, 4) is 10.4 Å². The fourth-order valence-corrected chi connectivity index (χ4v) is 4.95. The third-order valence-electron chi connectivity index (χ3n) is 5.83. The highest BCUT2D eigenvalue weighted by Crippen LogP contribution is 2.28. The molecule has 1 aliphatic rings. The number of hydrogen-bond acceptors (Lipinski definition) is 6. The summed E-state index contributed by atoms with van der Waals surface area (Å²) in [5.41, 5.74) is 4.23. The van der Waals surface area contributed by atoms with E-state index in [-0.39, 0.29) is 36.0 Å². The summed E-state index contributed by atoms with van der Waals surface area (Å²) in [4.78, 5) is 45.1. The lowest BCUT2D eigenvalue weighted by Gasteiger charge is -2.35. The fourth-order valence-electron chi connectivity index (χ4n) is 3.98. The Balaban J connectivity index is 1.67. The van der Waals surface area contributed by atoms with Crippen molar-refractivity contribution in [1.29, 1.82) is 0 Å². The number of aryl methyl sites for hydroxylation is 1. The number of hydrogen-bond donors (Lipinski definition) is 3. The average Bonchev–Trinajstić information content (AvgIpc) is 3.40. The maximum atomic E-state index is 13.4. The number of thiazole rings is 1. The van der Waals surface area contributed by atoms with Gasteiger partial charge in [0.2, 0.25) is 17.7 Å². The molecule has 1 aromatic carbocycles. The van der Waals surface area contributed by atoms with Gasteiger partial charge in [0.05, 0.1) is 27.5 Å². The molecule has 1 aliphatic heterocycles. The highest BCUT2D eigenvalue weighted by molar-refractivity contribution is 9.09. The first kappa shape index (κ1) is 26.3. The molecule has 3 N–H and O–H groups in total. The fraction of sp³-hybridized carbons (Fsp3) is 0.500. The van der Waals surface area contributed by atoms with Gasteiger partial charge >= 0.3 is 0 Å². The Kier molecular flexibility index (Phi) is 8.48. The summed E-state index contributed by atoms with van der Waals surface area (Å²) in [6, 6.07) is 6.28. The molecule has 10 heteroatoms. The topological polar surface area (TPSA) is 112 Å². The number of β-amino-alcohol motifs (C(OH)–C–C–N with tert-alkyl or cyclic N) is 1. The molecule has 3 unspecified atom stereocenters. The largest absolute Gasteiger partial charge is 0.391 e. The predicted octanol–water partition coefficient (Wildman–Crippen LogP) is 2.62. The Morgan fingerprint density at radius 2 is 1.94 bits per heavy atom. The van der Waals surface area contributed by atoms with E-state index < -0.39 is 23.6 Å². The number of nitrogens with zero attached hydrogens (tertiary/aromatic N) is 2. The zero-order valence-corrected chi connectivity index (χ0v) is 22.2. The lowest BCUT2D eigenvalue weighted by Crippen LogP contribution is -2.57. The van der Waals surface area contributed by atoms with Crippen molar-refractivity contribution in [2.24, 2.45) is 5.41 Å². The zero-order valence-electron chi connectivity index (χ0n) is 19.8. The minimum Gasteiger partial charge on any atom is -0.391 e. The third kappa shape index (κ3) is 6.22. The molecule has 3 amide bonds. The molecular formula is C24H31BrN4O4S. The molecule has 3 rings (SSSR count). The lowest BCUT2D eigenvalue weighted by atomic mass is 9.85. The quantitative estimate of drug-likeness (QED) is 0.459. The van der Waals surface area contributed by atoms with Crippen LogP contribution >= 0.6 is 27.3 Å². The van der Waals surface area contributed by atoms with Crippen LogP contribution in [0.15, 0.2) is 29.8 Å². The van der Waals surface area contributed by atoms with Crippen LogP contribution in [0.1, 0.15) is 38.4 Å². The minimum atomic E-state index is -0.819. The first-order valence-electron chi connectivity index (χ1n) is 11.1. The molecule has 8 nitrogen and oxygen atoms in total. The summed E-state index contributed by atoms with van der Waals surface area (Å²) in [5, 5.41) is 15.9. The van der Waals surface area contributed by atoms with Gasteiger partial charge in [-0.15, -0.1) is 11.3 Å². The standard InChI is InChI=1S/C24H31BrN4O4S/c1-14-20(34-13-27-14)16-7-5-15(6-8-16)11-26-22(32)18-9-17(30)12-29(18)23(33)21(24(2,3)4)28-19(31)10-25/h5-8,13,17-18,21,30H,9-12H2,1-4H3,(H,26,32)(H,28,31). The van der Waals surface area contributed by atoms with E-state index in [1.807, 2.05) is 57.5 Å². The van der Waals surface area contributed by atoms with E-state index in [9.17, 15) is 19.5 Å². The van der Waals surface area contributed by atoms with Gasteiger partial charge in [-0.2, -0.15) is 0 Å². The molecule has 34 heavy (non-hydrogen) atoms. The van der Waals surface area contributed by atoms with Gasteiger partial charge in [0.15, 0.2) is 0 Å². The Hall–Kier alpha value is -2.30. The van der Waals surface area contributed by atoms with E-state index in [4.69, 9.17) is 0 Å². The minimum absolute atomic E-state index is 0.0522. The summed E-state index contributed by atoms with van der Waals surface area (Å²) < 4.78 is 0. The van der Waals surface area contributed by atoms with Crippen molar-refractivity contribution in [3.63, 3.8) is 0 Å². The van der Waals surface area contributed by atoms with E-state index in [0.717, 1.165) is 21.7 Å². The van der Waals surface area contributed by atoms with Crippen LogP contribution in [0, 0.1) is 12.3 Å². The van der Waals surface area contributed by atoms with Gasteiger partial charge in [-0.05, 0) is 23.5 Å². The van der Waals surface area contributed by atoms with Crippen LogP contribution in [-0.4, -0.2) is 62.8 Å². The molecule has 0 saturated carbocycles. The molecule has 0 bridgehead atoms. The van der Waals surface area contributed by atoms with Crippen LogP contribution in [-0.2, 0) is 20.9 Å². The normalized spacial score (nSPS) is 19.1. The second-order valence-corrected chi connectivity index (χ2v) is 11.0. The van der Waals surface area contributed by atoms with Gasteiger partial charge in [0, 0.05) is 19.5 Å². The van der Waals surface area contributed by atoms with E-state index in [1.54, 1.807) is 11.3 Å². The Morgan fingerprint density at radius 1 is 1.26 bits per heavy atom. The number of aliphatic hydroxyl groups excluding tert-OH is 1. The van der Waals surface area contributed by atoms with Crippen LogP contribution in [0.4, 0.5) is 0 Å². The highest BCUT2D eigenvalue weighted by atomic mass is 79.9. The summed E-state index contributed by atoms with van der Waals surface area (Å²) in [5.74, 6) is -1.01. The smallest absolute Gasteiger partial charge is 0.246 e. The molecule has 2 heterocycles. The maximum Gasteiger partial charge on any atom is 0.246 e. The average molecular weight is 552 g/mol. The van der Waals surface area contributed by atoms with Crippen LogP contribution in [0.25, 0.3) is 10.4 Å². The van der Waals surface area contributed by atoms with E-state index in [0.29, 0.717) is 6.54 Å². The predicted molar refractivity (Wildman–Crippen MR) is 135 cm³/mol. The first-order valence-corrected chi connectivity index (χ1v) is 13.1. The number of aromatic nitrogens is 1. The van der Waals surface area contributed by atoms with E-state index in [2.05, 4.69) is 31.5 Å². The number of benzene rings is 1. The van der Waals surface area contributed by atoms with Crippen LogP contribution in [0.3, 0.4) is 0 Å². The van der Waals surface area contributed by atoms with Crippen molar-refractivity contribution < 1.29 is 19.5 Å². The number of alkyl halides is 1. The second-order valence-electron chi connectivity index (χ2n) is 9.58. The number of amides is 3. The van der Waals surface area contributed by atoms with Crippen molar-refractivity contribution in [2.45, 2.75) is 58.8 Å². The number of aliphatic hydroxyl groups is 1. The molecule has 2 aromatic rings. The molecule has 0 radical (unpaired) electrons. The lowest BCUT2D eigenvalue weighted by molar-refractivity contribution is -0.143. The summed E-state index contributed by atoms with van der Waals surface area (Å²) in [7, 11) is 0. The van der Waals surface area contributed by atoms with Crippen molar-refractivity contribution in [1.82, 2.24) is 20.5 Å². The first-order chi connectivity index (χ1) is 16.0. The maximum absolute atomic E-state index is 13.4. The number of rotatable bonds is 7. The summed E-state index contributed by atoms with van der Waals surface area (Å²) >= 11 is 4.69. The molecule has 184 valence electrons. The summed E-state index contributed by atoms with van der Waals surface area (Å²) in [6.45, 7) is 7.88. The van der Waals surface area contributed by atoms with Gasteiger partial charge in [-0.25, -0.2) is 4.98 Å². The Morgan fingerprint density at radius 3 is 2.50 bits per heavy atom. The van der Waals surface area contributed by atoms with Crippen molar-refractivity contribution in [2.75, 3.05) is 11.9 Å². The molecule has 1 fully saturated rings. The van der Waals surface area contributed by atoms with Gasteiger partial charge in [0.25, 0.3) is 0 Å². The zero-order chi connectivity index (χ0) is 25.0. The number of carbonyl (C=O) groups excluding carboxylic acids is 3. The molecule has 1 saturated heterocycles. The summed E-state index contributed by atoms with van der Waals surface area (Å²) in [6.07, 6.45) is -0.640. The molecule has 3 atom stereocenters. The number of halogens is 1. The SMILES string of the molecule is Cc1ncsc1-c1ccc(CNC(=O)C2CC(O)CN2C(=O)C(NC(=O)CBr)C(C)(C)C)cc1. The van der Waals surface area contributed by atoms with Crippen LogP contribution in [0.2, 0.25) is 0 Å². The second kappa shape index (κ2) is 11.0. The van der Waals surface area contributed by atoms with Gasteiger partial charge in [0.1, 0.15) is 12.1 Å². The van der Waals surface area contributed by atoms with E-state index >= 15 is 0 Å². The molecule has 0 spiro atoms.